The summed E-state index contributed by atoms with van der Waals surface area (Å²) in [7, 11) is 4.90. The number of rotatable bonds is 8. The van der Waals surface area contributed by atoms with Gasteiger partial charge in [-0.25, -0.2) is 0 Å². The number of ether oxygens (including phenoxy) is 3. The van der Waals surface area contributed by atoms with Crippen LogP contribution >= 0.6 is 0 Å². The molecule has 1 atom stereocenters. The van der Waals surface area contributed by atoms with Crippen LogP contribution in [0.1, 0.15) is 34.9 Å². The van der Waals surface area contributed by atoms with Crippen molar-refractivity contribution >= 4 is 5.78 Å². The third kappa shape index (κ3) is 4.57. The van der Waals surface area contributed by atoms with Crippen LogP contribution in [0.3, 0.4) is 0 Å². The van der Waals surface area contributed by atoms with E-state index in [9.17, 15) is 4.79 Å². The van der Waals surface area contributed by atoms with E-state index < -0.39 is 0 Å². The van der Waals surface area contributed by atoms with Crippen molar-refractivity contribution in [1.82, 2.24) is 0 Å². The Morgan fingerprint density at radius 1 is 0.870 bits per heavy atom. The fourth-order valence-electron chi connectivity index (χ4n) is 2.42. The molecule has 23 heavy (non-hydrogen) atoms. The van der Waals surface area contributed by atoms with Crippen molar-refractivity contribution in [2.24, 2.45) is 0 Å². The van der Waals surface area contributed by atoms with Crippen molar-refractivity contribution in [2.75, 3.05) is 21.3 Å². The van der Waals surface area contributed by atoms with E-state index in [2.05, 4.69) is 0 Å². The van der Waals surface area contributed by atoms with Crippen molar-refractivity contribution in [3.8, 4) is 11.5 Å². The SMILES string of the molecule is COc1ccc(C(=O)CCC(OC)c2ccc(OC)cc2)cc1. The molecule has 0 N–H and O–H groups in total. The second-order valence-electron chi connectivity index (χ2n) is 5.19. The van der Waals surface area contributed by atoms with E-state index in [1.54, 1.807) is 45.6 Å². The van der Waals surface area contributed by atoms with Gasteiger partial charge in [0.1, 0.15) is 11.5 Å². The molecule has 2 rings (SSSR count). The summed E-state index contributed by atoms with van der Waals surface area (Å²) in [5.41, 5.74) is 1.73. The van der Waals surface area contributed by atoms with Gasteiger partial charge in [0.05, 0.1) is 20.3 Å². The molecule has 0 radical (unpaired) electrons. The summed E-state index contributed by atoms with van der Waals surface area (Å²) in [6, 6.07) is 14.9. The molecule has 0 fully saturated rings. The lowest BCUT2D eigenvalue weighted by Crippen LogP contribution is -2.06. The number of carbonyl (C=O) groups is 1. The van der Waals surface area contributed by atoms with Gasteiger partial charge in [-0.05, 0) is 48.4 Å². The number of Topliss-reactive ketones (excluding diaryl/α,β-unsaturated/α-hetero) is 1. The number of benzene rings is 2. The van der Waals surface area contributed by atoms with Gasteiger partial charge in [-0.2, -0.15) is 0 Å². The molecule has 4 nitrogen and oxygen atoms in total. The van der Waals surface area contributed by atoms with Crippen LogP contribution in [0.5, 0.6) is 11.5 Å². The van der Waals surface area contributed by atoms with Gasteiger partial charge in [0, 0.05) is 19.1 Å². The monoisotopic (exact) mass is 314 g/mol. The Labute approximate surface area is 137 Å². The largest absolute Gasteiger partial charge is 0.497 e. The molecular formula is C19H22O4. The Bertz CT molecular complexity index is 617. The first-order valence-corrected chi connectivity index (χ1v) is 7.52. The smallest absolute Gasteiger partial charge is 0.162 e. The lowest BCUT2D eigenvalue weighted by atomic mass is 10.00. The summed E-state index contributed by atoms with van der Waals surface area (Å²) in [6.07, 6.45) is 0.952. The van der Waals surface area contributed by atoms with Crippen molar-refractivity contribution in [3.05, 3.63) is 59.7 Å². The number of carbonyl (C=O) groups excluding carboxylic acids is 1. The third-order valence-corrected chi connectivity index (χ3v) is 3.82. The van der Waals surface area contributed by atoms with Gasteiger partial charge < -0.3 is 14.2 Å². The quantitative estimate of drug-likeness (QED) is 0.689. The van der Waals surface area contributed by atoms with Crippen LogP contribution in [0.4, 0.5) is 0 Å². The molecule has 0 saturated carbocycles. The standard InChI is InChI=1S/C19H22O4/c1-21-16-8-4-14(5-9-16)18(20)12-13-19(23-3)15-6-10-17(22-2)11-7-15/h4-11,19H,12-13H2,1-3H3. The Morgan fingerprint density at radius 3 is 1.87 bits per heavy atom. The summed E-state index contributed by atoms with van der Waals surface area (Å²) in [6.45, 7) is 0. The first-order chi connectivity index (χ1) is 11.2. The van der Waals surface area contributed by atoms with Gasteiger partial charge in [-0.15, -0.1) is 0 Å². The van der Waals surface area contributed by atoms with Gasteiger partial charge in [0.15, 0.2) is 5.78 Å². The van der Waals surface area contributed by atoms with Crippen LogP contribution in [0.15, 0.2) is 48.5 Å². The summed E-state index contributed by atoms with van der Waals surface area (Å²) in [4.78, 5) is 12.3. The Morgan fingerprint density at radius 2 is 1.39 bits per heavy atom. The minimum Gasteiger partial charge on any atom is -0.497 e. The van der Waals surface area contributed by atoms with E-state index in [0.717, 1.165) is 17.1 Å². The summed E-state index contributed by atoms with van der Waals surface area (Å²) in [5, 5.41) is 0. The lowest BCUT2D eigenvalue weighted by Gasteiger charge is -2.16. The van der Waals surface area contributed by atoms with Crippen molar-refractivity contribution in [1.29, 1.82) is 0 Å². The fourth-order valence-corrected chi connectivity index (χ4v) is 2.42. The van der Waals surface area contributed by atoms with Crippen molar-refractivity contribution in [3.63, 3.8) is 0 Å². The number of hydrogen-bond acceptors (Lipinski definition) is 4. The van der Waals surface area contributed by atoms with Gasteiger partial charge in [0.25, 0.3) is 0 Å². The zero-order chi connectivity index (χ0) is 16.7. The minimum atomic E-state index is -0.108. The van der Waals surface area contributed by atoms with E-state index in [0.29, 0.717) is 18.4 Å². The highest BCUT2D eigenvalue weighted by molar-refractivity contribution is 5.96. The maximum Gasteiger partial charge on any atom is 0.162 e. The van der Waals surface area contributed by atoms with E-state index in [1.807, 2.05) is 24.3 Å². The fraction of sp³-hybridized carbons (Fsp3) is 0.316. The van der Waals surface area contributed by atoms with E-state index in [1.165, 1.54) is 0 Å². The van der Waals surface area contributed by atoms with Gasteiger partial charge >= 0.3 is 0 Å². The van der Waals surface area contributed by atoms with Crippen LogP contribution in [0.2, 0.25) is 0 Å². The Hall–Kier alpha value is -2.33. The van der Waals surface area contributed by atoms with Crippen LogP contribution in [0.25, 0.3) is 0 Å². The molecule has 0 saturated heterocycles. The molecule has 122 valence electrons. The average molecular weight is 314 g/mol. The van der Waals surface area contributed by atoms with Crippen LogP contribution in [-0.2, 0) is 4.74 Å². The Kier molecular flexibility index (Phi) is 6.18. The van der Waals surface area contributed by atoms with E-state index in [-0.39, 0.29) is 11.9 Å². The molecule has 2 aromatic rings. The maximum atomic E-state index is 12.3. The molecule has 0 aromatic heterocycles. The predicted octanol–water partition coefficient (Wildman–Crippen LogP) is 4.05. The number of ketones is 1. The zero-order valence-electron chi connectivity index (χ0n) is 13.7. The second kappa shape index (κ2) is 8.34. The highest BCUT2D eigenvalue weighted by Gasteiger charge is 2.14. The summed E-state index contributed by atoms with van der Waals surface area (Å²) in [5.74, 6) is 1.65. The highest BCUT2D eigenvalue weighted by Crippen LogP contribution is 2.25. The van der Waals surface area contributed by atoms with Crippen LogP contribution < -0.4 is 9.47 Å². The molecule has 0 spiro atoms. The van der Waals surface area contributed by atoms with Crippen molar-refractivity contribution < 1.29 is 19.0 Å². The lowest BCUT2D eigenvalue weighted by molar-refractivity contribution is 0.0815. The number of hydrogen-bond donors (Lipinski definition) is 0. The molecule has 0 aliphatic carbocycles. The summed E-state index contributed by atoms with van der Waals surface area (Å²) >= 11 is 0. The van der Waals surface area contributed by atoms with Gasteiger partial charge in [-0.1, -0.05) is 12.1 Å². The Balaban J connectivity index is 1.96. The first-order valence-electron chi connectivity index (χ1n) is 7.52. The molecule has 0 aliphatic rings. The van der Waals surface area contributed by atoms with E-state index >= 15 is 0 Å². The van der Waals surface area contributed by atoms with Crippen molar-refractivity contribution in [2.45, 2.75) is 18.9 Å². The number of methoxy groups -OCH3 is 3. The van der Waals surface area contributed by atoms with Gasteiger partial charge in [-0.3, -0.25) is 4.79 Å². The van der Waals surface area contributed by atoms with E-state index in [4.69, 9.17) is 14.2 Å². The molecular weight excluding hydrogens is 292 g/mol. The average Bonchev–Trinajstić information content (AvgIpc) is 2.62. The predicted molar refractivity (Wildman–Crippen MR) is 89.3 cm³/mol. The van der Waals surface area contributed by atoms with Crippen LogP contribution in [0, 0.1) is 0 Å². The molecule has 0 bridgehead atoms. The highest BCUT2D eigenvalue weighted by atomic mass is 16.5. The molecule has 2 aromatic carbocycles. The molecule has 4 heteroatoms. The van der Waals surface area contributed by atoms with Crippen LogP contribution in [-0.4, -0.2) is 27.1 Å². The molecule has 0 heterocycles. The molecule has 0 amide bonds. The first kappa shape index (κ1) is 17.0. The zero-order valence-corrected chi connectivity index (χ0v) is 13.7. The second-order valence-corrected chi connectivity index (χ2v) is 5.19. The molecule has 1 unspecified atom stereocenters. The third-order valence-electron chi connectivity index (χ3n) is 3.82. The summed E-state index contributed by atoms with van der Waals surface area (Å²) < 4.78 is 15.8. The normalized spacial score (nSPS) is 11.8. The minimum absolute atomic E-state index is 0.100. The molecule has 0 aliphatic heterocycles. The maximum absolute atomic E-state index is 12.3. The van der Waals surface area contributed by atoms with Gasteiger partial charge in [0.2, 0.25) is 0 Å². The topological polar surface area (TPSA) is 44.8 Å².